The molecule has 0 N–H and O–H groups in total. The van der Waals surface area contributed by atoms with Crippen molar-refractivity contribution in [3.05, 3.63) is 38.9 Å². The van der Waals surface area contributed by atoms with Gasteiger partial charge in [-0.05, 0) is 25.6 Å². The zero-order valence-corrected chi connectivity index (χ0v) is 11.7. The molecule has 1 aromatic carbocycles. The summed E-state index contributed by atoms with van der Waals surface area (Å²) in [5, 5.41) is 11.1. The molecule has 0 radical (unpaired) electrons. The number of methoxy groups -OCH3 is 1. The molecule has 0 bridgehead atoms. The number of esters is 1. The number of ether oxygens (including phenoxy) is 1. The molecule has 1 atom stereocenters. The Morgan fingerprint density at radius 1 is 1.58 bits per heavy atom. The molecular weight excluding hydrogens is 272 g/mol. The molecule has 6 nitrogen and oxygen atoms in total. The molecule has 19 heavy (non-hydrogen) atoms. The predicted molar refractivity (Wildman–Crippen MR) is 71.1 cm³/mol. The van der Waals surface area contributed by atoms with Gasteiger partial charge in [0.25, 0.3) is 5.69 Å². The van der Waals surface area contributed by atoms with Crippen molar-refractivity contribution in [3.8, 4) is 0 Å². The minimum absolute atomic E-state index is 0.0291. The maximum atomic E-state index is 11.4. The zero-order chi connectivity index (χ0) is 14.6. The number of likely N-dealkylation sites (N-methyl/N-ethyl adjacent to an activating group) is 1. The number of benzene rings is 1. The van der Waals surface area contributed by atoms with E-state index in [1.54, 1.807) is 18.9 Å². The van der Waals surface area contributed by atoms with Crippen LogP contribution in [0.15, 0.2) is 18.2 Å². The molecule has 0 saturated heterocycles. The molecule has 0 spiro atoms. The average Bonchev–Trinajstić information content (AvgIpc) is 2.38. The number of halogens is 1. The molecule has 0 aliphatic heterocycles. The third-order valence-electron chi connectivity index (χ3n) is 2.86. The van der Waals surface area contributed by atoms with Gasteiger partial charge in [-0.25, -0.2) is 0 Å². The largest absolute Gasteiger partial charge is 0.468 e. The van der Waals surface area contributed by atoms with Gasteiger partial charge in [-0.1, -0.05) is 11.6 Å². The highest BCUT2D eigenvalue weighted by atomic mass is 35.5. The second kappa shape index (κ2) is 6.49. The number of nitrogens with zero attached hydrogens (tertiary/aromatic N) is 2. The average molecular weight is 287 g/mol. The first-order valence-electron chi connectivity index (χ1n) is 5.57. The van der Waals surface area contributed by atoms with Crippen molar-refractivity contribution in [2.45, 2.75) is 19.5 Å². The topological polar surface area (TPSA) is 72.7 Å². The van der Waals surface area contributed by atoms with E-state index in [-0.39, 0.29) is 11.7 Å². The van der Waals surface area contributed by atoms with Crippen LogP contribution in [0, 0.1) is 10.1 Å². The Morgan fingerprint density at radius 3 is 2.74 bits per heavy atom. The fourth-order valence-electron chi connectivity index (χ4n) is 1.55. The summed E-state index contributed by atoms with van der Waals surface area (Å²) in [6.45, 7) is 2.01. The molecule has 104 valence electrons. The van der Waals surface area contributed by atoms with Crippen molar-refractivity contribution in [3.63, 3.8) is 0 Å². The van der Waals surface area contributed by atoms with Crippen molar-refractivity contribution in [2.24, 2.45) is 0 Å². The first kappa shape index (κ1) is 15.4. The first-order valence-corrected chi connectivity index (χ1v) is 5.95. The highest BCUT2D eigenvalue weighted by molar-refractivity contribution is 6.31. The van der Waals surface area contributed by atoms with Crippen molar-refractivity contribution >= 4 is 23.3 Å². The van der Waals surface area contributed by atoms with Crippen LogP contribution < -0.4 is 0 Å². The molecule has 1 aromatic rings. The van der Waals surface area contributed by atoms with Crippen molar-refractivity contribution in [2.75, 3.05) is 14.2 Å². The lowest BCUT2D eigenvalue weighted by Gasteiger charge is -2.22. The first-order chi connectivity index (χ1) is 8.86. The van der Waals surface area contributed by atoms with Gasteiger partial charge in [-0.3, -0.25) is 19.8 Å². The fraction of sp³-hybridized carbons (Fsp3) is 0.417. The molecule has 0 aliphatic carbocycles. The Balaban J connectivity index is 2.89. The lowest BCUT2D eigenvalue weighted by atomic mass is 10.1. The van der Waals surface area contributed by atoms with Crippen molar-refractivity contribution in [1.29, 1.82) is 0 Å². The van der Waals surface area contributed by atoms with Crippen LogP contribution in [-0.2, 0) is 16.1 Å². The van der Waals surface area contributed by atoms with Gasteiger partial charge >= 0.3 is 5.97 Å². The van der Waals surface area contributed by atoms with Gasteiger partial charge in [0.2, 0.25) is 0 Å². The number of carbonyl (C=O) groups is 1. The van der Waals surface area contributed by atoms with Gasteiger partial charge in [0.1, 0.15) is 6.04 Å². The Morgan fingerprint density at radius 2 is 2.21 bits per heavy atom. The summed E-state index contributed by atoms with van der Waals surface area (Å²) in [7, 11) is 3.03. The monoisotopic (exact) mass is 286 g/mol. The lowest BCUT2D eigenvalue weighted by molar-refractivity contribution is -0.384. The number of hydrogen-bond donors (Lipinski definition) is 0. The Kier molecular flexibility index (Phi) is 5.26. The summed E-state index contributed by atoms with van der Waals surface area (Å²) < 4.78 is 4.64. The van der Waals surface area contributed by atoms with Crippen molar-refractivity contribution in [1.82, 2.24) is 4.90 Å². The number of nitro groups is 1. The van der Waals surface area contributed by atoms with Gasteiger partial charge < -0.3 is 4.74 Å². The predicted octanol–water partition coefficient (Wildman–Crippen LogP) is 2.24. The van der Waals surface area contributed by atoms with E-state index in [9.17, 15) is 14.9 Å². The number of carbonyl (C=O) groups excluding carboxylic acids is 1. The SMILES string of the molecule is COC(=O)C(C)N(C)Cc1cc([N+](=O)[O-])ccc1Cl. The standard InChI is InChI=1S/C12H15ClN2O4/c1-8(12(16)19-3)14(2)7-9-6-10(15(17)18)4-5-11(9)13/h4-6,8H,7H2,1-3H3. The Hall–Kier alpha value is -1.66. The smallest absolute Gasteiger partial charge is 0.322 e. The summed E-state index contributed by atoms with van der Waals surface area (Å²) in [5.74, 6) is -0.371. The minimum Gasteiger partial charge on any atom is -0.468 e. The van der Waals surface area contributed by atoms with Crippen LogP contribution in [0.25, 0.3) is 0 Å². The summed E-state index contributed by atoms with van der Waals surface area (Å²) in [4.78, 5) is 23.3. The second-order valence-corrected chi connectivity index (χ2v) is 4.55. The molecule has 1 unspecified atom stereocenters. The van der Waals surface area contributed by atoms with Crippen LogP contribution >= 0.6 is 11.6 Å². The number of non-ortho nitro benzene ring substituents is 1. The molecule has 0 aliphatic rings. The van der Waals surface area contributed by atoms with Crippen LogP contribution in [0.5, 0.6) is 0 Å². The summed E-state index contributed by atoms with van der Waals surface area (Å²) in [6, 6.07) is 3.77. The van der Waals surface area contributed by atoms with Crippen LogP contribution in [-0.4, -0.2) is 36.0 Å². The van der Waals surface area contributed by atoms with Crippen molar-refractivity contribution < 1.29 is 14.5 Å². The molecule has 0 saturated carbocycles. The minimum atomic E-state index is -0.483. The molecule has 0 fully saturated rings. The maximum absolute atomic E-state index is 11.4. The zero-order valence-electron chi connectivity index (χ0n) is 10.9. The third kappa shape index (κ3) is 3.90. The second-order valence-electron chi connectivity index (χ2n) is 4.15. The summed E-state index contributed by atoms with van der Waals surface area (Å²) in [6.07, 6.45) is 0. The van der Waals surface area contributed by atoms with E-state index >= 15 is 0 Å². The molecule has 0 aromatic heterocycles. The van der Waals surface area contributed by atoms with E-state index in [1.165, 1.54) is 25.3 Å². The van der Waals surface area contributed by atoms with E-state index in [0.29, 0.717) is 17.1 Å². The molecular formula is C12H15ClN2O4. The van der Waals surface area contributed by atoms with Crippen LogP contribution in [0.4, 0.5) is 5.69 Å². The van der Waals surface area contributed by atoms with E-state index in [0.717, 1.165) is 0 Å². The van der Waals surface area contributed by atoms with E-state index in [4.69, 9.17) is 11.6 Å². The summed E-state index contributed by atoms with van der Waals surface area (Å²) >= 11 is 6.00. The van der Waals surface area contributed by atoms with E-state index in [2.05, 4.69) is 4.74 Å². The maximum Gasteiger partial charge on any atom is 0.322 e. The number of rotatable bonds is 5. The normalized spacial score (nSPS) is 12.3. The van der Waals surface area contributed by atoms with Gasteiger partial charge in [-0.2, -0.15) is 0 Å². The van der Waals surface area contributed by atoms with Gasteiger partial charge in [0, 0.05) is 23.7 Å². The van der Waals surface area contributed by atoms with Gasteiger partial charge in [0.05, 0.1) is 12.0 Å². The Bertz CT molecular complexity index is 493. The molecule has 0 heterocycles. The Labute approximate surface area is 116 Å². The fourth-order valence-corrected chi connectivity index (χ4v) is 1.73. The number of hydrogen-bond acceptors (Lipinski definition) is 5. The van der Waals surface area contributed by atoms with E-state index < -0.39 is 11.0 Å². The van der Waals surface area contributed by atoms with Gasteiger partial charge in [0.15, 0.2) is 0 Å². The van der Waals surface area contributed by atoms with Crippen LogP contribution in [0.2, 0.25) is 5.02 Å². The highest BCUT2D eigenvalue weighted by Gasteiger charge is 2.20. The van der Waals surface area contributed by atoms with Crippen LogP contribution in [0.3, 0.4) is 0 Å². The van der Waals surface area contributed by atoms with E-state index in [1.807, 2.05) is 0 Å². The molecule has 0 amide bonds. The molecule has 1 rings (SSSR count). The third-order valence-corrected chi connectivity index (χ3v) is 3.23. The number of nitro benzene ring substituents is 1. The molecule has 7 heteroatoms. The van der Waals surface area contributed by atoms with Crippen LogP contribution in [0.1, 0.15) is 12.5 Å². The highest BCUT2D eigenvalue weighted by Crippen LogP contribution is 2.23. The summed E-state index contributed by atoms with van der Waals surface area (Å²) in [5.41, 5.74) is 0.563. The lowest BCUT2D eigenvalue weighted by Crippen LogP contribution is -2.36. The van der Waals surface area contributed by atoms with Gasteiger partial charge in [-0.15, -0.1) is 0 Å². The quantitative estimate of drug-likeness (QED) is 0.471.